The summed E-state index contributed by atoms with van der Waals surface area (Å²) in [5, 5.41) is 3.40. The Hall–Kier alpha value is -1.28. The molecule has 0 aliphatic heterocycles. The molecule has 1 N–H and O–H groups in total. The largest absolute Gasteiger partial charge is 0.368 e. The van der Waals surface area contributed by atoms with Crippen molar-refractivity contribution in [1.29, 1.82) is 0 Å². The van der Waals surface area contributed by atoms with Crippen molar-refractivity contribution < 1.29 is 0 Å². The topological polar surface area (TPSA) is 15.3 Å². The molecule has 0 saturated heterocycles. The molecule has 0 spiro atoms. The predicted molar refractivity (Wildman–Crippen MR) is 76.6 cm³/mol. The van der Waals surface area contributed by atoms with E-state index in [1.165, 1.54) is 11.3 Å². The van der Waals surface area contributed by atoms with Gasteiger partial charge in [-0.1, -0.05) is 38.6 Å². The maximum atomic E-state index is 4.14. The van der Waals surface area contributed by atoms with Crippen molar-refractivity contribution >= 4 is 5.69 Å². The first-order valence-electron chi connectivity index (χ1n) is 6.33. The summed E-state index contributed by atoms with van der Waals surface area (Å²) in [4.78, 5) is 2.34. The Labute approximate surface area is 105 Å². The summed E-state index contributed by atoms with van der Waals surface area (Å²) >= 11 is 0. The first-order chi connectivity index (χ1) is 8.13. The van der Waals surface area contributed by atoms with E-state index in [-0.39, 0.29) is 0 Å². The SMILES string of the molecule is C=C(CNC(C)C)CN(CC)c1ccccc1. The van der Waals surface area contributed by atoms with Crippen LogP contribution in [-0.4, -0.2) is 25.7 Å². The molecular formula is C15H24N2. The summed E-state index contributed by atoms with van der Waals surface area (Å²) in [7, 11) is 0. The van der Waals surface area contributed by atoms with Gasteiger partial charge in [-0.2, -0.15) is 0 Å². The molecule has 94 valence electrons. The van der Waals surface area contributed by atoms with Crippen molar-refractivity contribution in [3.63, 3.8) is 0 Å². The molecule has 17 heavy (non-hydrogen) atoms. The summed E-state index contributed by atoms with van der Waals surface area (Å²) in [6.45, 7) is 13.4. The van der Waals surface area contributed by atoms with Gasteiger partial charge < -0.3 is 10.2 Å². The molecule has 0 unspecified atom stereocenters. The lowest BCUT2D eigenvalue weighted by atomic mass is 10.2. The number of nitrogens with zero attached hydrogens (tertiary/aromatic N) is 1. The van der Waals surface area contributed by atoms with Crippen molar-refractivity contribution in [2.24, 2.45) is 0 Å². The lowest BCUT2D eigenvalue weighted by molar-refractivity contribution is 0.616. The van der Waals surface area contributed by atoms with Gasteiger partial charge in [0.1, 0.15) is 0 Å². The third-order valence-electron chi connectivity index (χ3n) is 2.68. The minimum absolute atomic E-state index is 0.513. The normalized spacial score (nSPS) is 10.6. The molecule has 0 aliphatic carbocycles. The van der Waals surface area contributed by atoms with E-state index >= 15 is 0 Å². The number of para-hydroxylation sites is 1. The fraction of sp³-hybridized carbons (Fsp3) is 0.467. The highest BCUT2D eigenvalue weighted by Crippen LogP contribution is 2.13. The highest BCUT2D eigenvalue weighted by Gasteiger charge is 2.05. The van der Waals surface area contributed by atoms with E-state index in [0.29, 0.717) is 6.04 Å². The number of nitrogens with one attached hydrogen (secondary N) is 1. The highest BCUT2D eigenvalue weighted by molar-refractivity contribution is 5.47. The minimum Gasteiger partial charge on any atom is -0.368 e. The van der Waals surface area contributed by atoms with Crippen molar-refractivity contribution in [2.75, 3.05) is 24.5 Å². The second-order valence-corrected chi connectivity index (χ2v) is 4.64. The van der Waals surface area contributed by atoms with E-state index < -0.39 is 0 Å². The van der Waals surface area contributed by atoms with E-state index in [4.69, 9.17) is 0 Å². The molecule has 2 nitrogen and oxygen atoms in total. The van der Waals surface area contributed by atoms with E-state index in [1.807, 2.05) is 6.07 Å². The van der Waals surface area contributed by atoms with Crippen LogP contribution in [0.4, 0.5) is 5.69 Å². The van der Waals surface area contributed by atoms with Crippen LogP contribution in [0.5, 0.6) is 0 Å². The second kappa shape index (κ2) is 7.13. The monoisotopic (exact) mass is 232 g/mol. The zero-order chi connectivity index (χ0) is 12.7. The van der Waals surface area contributed by atoms with Gasteiger partial charge >= 0.3 is 0 Å². The van der Waals surface area contributed by atoms with Crippen LogP contribution in [0.15, 0.2) is 42.5 Å². The molecule has 0 radical (unpaired) electrons. The molecule has 0 amide bonds. The number of hydrogen-bond acceptors (Lipinski definition) is 2. The molecule has 0 saturated carbocycles. The lowest BCUT2D eigenvalue weighted by Gasteiger charge is -2.24. The van der Waals surface area contributed by atoms with Gasteiger partial charge in [0.05, 0.1) is 0 Å². The summed E-state index contributed by atoms with van der Waals surface area (Å²) in [5.41, 5.74) is 2.49. The molecule has 1 aromatic carbocycles. The maximum absolute atomic E-state index is 4.14. The van der Waals surface area contributed by atoms with Crippen molar-refractivity contribution in [3.8, 4) is 0 Å². The smallest absolute Gasteiger partial charge is 0.0398 e. The highest BCUT2D eigenvalue weighted by atomic mass is 15.1. The van der Waals surface area contributed by atoms with Crippen LogP contribution in [0, 0.1) is 0 Å². The van der Waals surface area contributed by atoms with Gasteiger partial charge in [0, 0.05) is 31.4 Å². The molecule has 1 rings (SSSR count). The van der Waals surface area contributed by atoms with E-state index in [2.05, 4.69) is 61.8 Å². The Morgan fingerprint density at radius 2 is 1.94 bits per heavy atom. The van der Waals surface area contributed by atoms with Crippen molar-refractivity contribution in [3.05, 3.63) is 42.5 Å². The summed E-state index contributed by atoms with van der Waals surface area (Å²) < 4.78 is 0. The van der Waals surface area contributed by atoms with Crippen LogP contribution < -0.4 is 10.2 Å². The number of likely N-dealkylation sites (N-methyl/N-ethyl adjacent to an activating group) is 1. The molecule has 0 fully saturated rings. The molecular weight excluding hydrogens is 208 g/mol. The fourth-order valence-electron chi connectivity index (χ4n) is 1.70. The Morgan fingerprint density at radius 3 is 2.47 bits per heavy atom. The average Bonchev–Trinajstić information content (AvgIpc) is 2.34. The molecule has 1 aromatic rings. The number of anilines is 1. The molecule has 0 heterocycles. The van der Waals surface area contributed by atoms with Crippen LogP contribution in [-0.2, 0) is 0 Å². The second-order valence-electron chi connectivity index (χ2n) is 4.64. The van der Waals surface area contributed by atoms with Crippen LogP contribution in [0.3, 0.4) is 0 Å². The Kier molecular flexibility index (Phi) is 5.78. The zero-order valence-electron chi connectivity index (χ0n) is 11.2. The minimum atomic E-state index is 0.513. The van der Waals surface area contributed by atoms with Gasteiger partial charge in [-0.3, -0.25) is 0 Å². The van der Waals surface area contributed by atoms with E-state index in [0.717, 1.165) is 19.6 Å². The van der Waals surface area contributed by atoms with Gasteiger partial charge in [0.25, 0.3) is 0 Å². The number of benzene rings is 1. The summed E-state index contributed by atoms with van der Waals surface area (Å²) in [6.07, 6.45) is 0. The number of hydrogen-bond donors (Lipinski definition) is 1. The van der Waals surface area contributed by atoms with Crippen molar-refractivity contribution in [1.82, 2.24) is 5.32 Å². The van der Waals surface area contributed by atoms with E-state index in [9.17, 15) is 0 Å². The maximum Gasteiger partial charge on any atom is 0.0398 e. The quantitative estimate of drug-likeness (QED) is 0.727. The van der Waals surface area contributed by atoms with Gasteiger partial charge in [0.15, 0.2) is 0 Å². The first-order valence-corrected chi connectivity index (χ1v) is 6.33. The van der Waals surface area contributed by atoms with Crippen LogP contribution in [0.25, 0.3) is 0 Å². The molecule has 0 aromatic heterocycles. The van der Waals surface area contributed by atoms with Gasteiger partial charge in [-0.25, -0.2) is 0 Å². The van der Waals surface area contributed by atoms with Gasteiger partial charge in [0.2, 0.25) is 0 Å². The third kappa shape index (κ3) is 5.05. The summed E-state index contributed by atoms with van der Waals surface area (Å²) in [6, 6.07) is 11.0. The molecule has 2 heteroatoms. The fourth-order valence-corrected chi connectivity index (χ4v) is 1.70. The molecule has 0 bridgehead atoms. The Balaban J connectivity index is 2.50. The predicted octanol–water partition coefficient (Wildman–Crippen LogP) is 3.07. The standard InChI is InChI=1S/C15H24N2/c1-5-17(15-9-7-6-8-10-15)12-14(4)11-16-13(2)3/h6-10,13,16H,4-5,11-12H2,1-3H3. The van der Waals surface area contributed by atoms with Crippen LogP contribution >= 0.6 is 0 Å². The third-order valence-corrected chi connectivity index (χ3v) is 2.68. The summed E-state index contributed by atoms with van der Waals surface area (Å²) in [5.74, 6) is 0. The van der Waals surface area contributed by atoms with E-state index in [1.54, 1.807) is 0 Å². The Morgan fingerprint density at radius 1 is 1.29 bits per heavy atom. The number of rotatable bonds is 7. The van der Waals surface area contributed by atoms with Gasteiger partial charge in [-0.05, 0) is 24.6 Å². The molecule has 0 aliphatic rings. The first kappa shape index (κ1) is 13.8. The van der Waals surface area contributed by atoms with Crippen molar-refractivity contribution in [2.45, 2.75) is 26.8 Å². The lowest BCUT2D eigenvalue weighted by Crippen LogP contribution is -2.31. The zero-order valence-corrected chi connectivity index (χ0v) is 11.2. The van der Waals surface area contributed by atoms with Crippen LogP contribution in [0.2, 0.25) is 0 Å². The average molecular weight is 232 g/mol. The molecule has 0 atom stereocenters. The van der Waals surface area contributed by atoms with Gasteiger partial charge in [-0.15, -0.1) is 0 Å². The Bertz CT molecular complexity index is 330. The van der Waals surface area contributed by atoms with Crippen LogP contribution in [0.1, 0.15) is 20.8 Å².